The number of rotatable bonds is 11. The van der Waals surface area contributed by atoms with Crippen LogP contribution >= 0.6 is 19.0 Å². The van der Waals surface area contributed by atoms with E-state index in [9.17, 15) is 14.4 Å². The van der Waals surface area contributed by atoms with Gasteiger partial charge in [-0.25, -0.2) is 4.79 Å². The molecule has 1 saturated heterocycles. The van der Waals surface area contributed by atoms with E-state index in [0.29, 0.717) is 24.1 Å². The molecule has 4 aromatic carbocycles. The van der Waals surface area contributed by atoms with E-state index in [2.05, 4.69) is 78.1 Å². The number of carbonyl (C=O) groups is 3. The van der Waals surface area contributed by atoms with Crippen molar-refractivity contribution >= 4 is 53.2 Å². The Bertz CT molecular complexity index is 1570. The Morgan fingerprint density at radius 2 is 1.43 bits per heavy atom. The van der Waals surface area contributed by atoms with Crippen LogP contribution < -0.4 is 26.0 Å². The van der Waals surface area contributed by atoms with Gasteiger partial charge in [-0.15, -0.1) is 11.8 Å². The van der Waals surface area contributed by atoms with Crippen LogP contribution in [-0.4, -0.2) is 53.6 Å². The van der Waals surface area contributed by atoms with E-state index in [4.69, 9.17) is 9.47 Å². The molecule has 1 fully saturated rings. The number of ether oxygens (including phenoxy) is 2. The Hall–Kier alpha value is -4.39. The summed E-state index contributed by atoms with van der Waals surface area (Å²) in [4.78, 5) is 40.2. The first-order chi connectivity index (χ1) is 21.6. The van der Waals surface area contributed by atoms with Gasteiger partial charge in [-0.05, 0) is 54.1 Å². The van der Waals surface area contributed by atoms with Crippen molar-refractivity contribution in [1.82, 2.24) is 10.2 Å². The van der Waals surface area contributed by atoms with Crippen LogP contribution in [0.4, 0.5) is 0 Å². The SMILES string of the molecule is COc1ccc(COC(=O)C2=C(C[P+](c3ccccc3)(c3ccccc3)c3ccccc3)CS[C@H]3[C@H](NC=O)C(=O)N23)cc1. The molecule has 2 heterocycles. The molecular formula is C35H32N2O5PS+. The van der Waals surface area contributed by atoms with Crippen LogP contribution in [0.3, 0.4) is 0 Å². The minimum absolute atomic E-state index is 0.0474. The van der Waals surface area contributed by atoms with Crippen LogP contribution in [0, 0.1) is 0 Å². The molecular weight excluding hydrogens is 591 g/mol. The van der Waals surface area contributed by atoms with E-state index in [1.54, 1.807) is 18.9 Å². The van der Waals surface area contributed by atoms with E-state index >= 15 is 0 Å². The highest BCUT2D eigenvalue weighted by Gasteiger charge is 2.56. The van der Waals surface area contributed by atoms with E-state index in [0.717, 1.165) is 11.1 Å². The third kappa shape index (κ3) is 5.51. The largest absolute Gasteiger partial charge is 0.497 e. The quantitative estimate of drug-likeness (QED) is 0.118. The number of fused-ring (bicyclic) bond motifs is 1. The molecule has 2 aliphatic rings. The molecule has 2 atom stereocenters. The van der Waals surface area contributed by atoms with Gasteiger partial charge in [0.1, 0.15) is 52.6 Å². The molecule has 0 saturated carbocycles. The average Bonchev–Trinajstić information content (AvgIpc) is 3.09. The van der Waals surface area contributed by atoms with Crippen LogP contribution in [0.2, 0.25) is 0 Å². The van der Waals surface area contributed by atoms with Crippen molar-refractivity contribution in [2.45, 2.75) is 18.0 Å². The summed E-state index contributed by atoms with van der Waals surface area (Å²) >= 11 is 1.56. The van der Waals surface area contributed by atoms with Gasteiger partial charge in [0.05, 0.1) is 13.3 Å². The summed E-state index contributed by atoms with van der Waals surface area (Å²) in [6.07, 6.45) is 1.09. The number of nitrogens with one attached hydrogen (secondary N) is 1. The summed E-state index contributed by atoms with van der Waals surface area (Å²) in [7, 11) is -0.760. The molecule has 0 radical (unpaired) electrons. The molecule has 4 aromatic rings. The standard InChI is InChI=1S/C35H31N2O5PS/c1-41-27-19-17-25(18-20-27)21-42-35(40)32-26(23-44-34-31(36-24-38)33(39)37(32)34)22-43(28-11-5-2-6-12-28,29-13-7-3-8-14-29)30-15-9-4-10-16-30/h2-20,24,31,34H,21-23H2,1H3/p+1/t31-,34+/m1/s1. The first kappa shape index (κ1) is 29.7. The van der Waals surface area contributed by atoms with Crippen molar-refractivity contribution in [2.75, 3.05) is 19.0 Å². The van der Waals surface area contributed by atoms with Gasteiger partial charge in [-0.1, -0.05) is 66.7 Å². The first-order valence-electron chi connectivity index (χ1n) is 14.3. The minimum atomic E-state index is -2.36. The molecule has 7 nitrogen and oxygen atoms in total. The average molecular weight is 624 g/mol. The summed E-state index contributed by atoms with van der Waals surface area (Å²) < 4.78 is 11.1. The molecule has 1 N–H and O–H groups in total. The predicted octanol–water partition coefficient (Wildman–Crippen LogP) is 4.02. The Labute approximate surface area is 261 Å². The number of amides is 2. The lowest BCUT2D eigenvalue weighted by molar-refractivity contribution is -0.152. The van der Waals surface area contributed by atoms with Gasteiger partial charge < -0.3 is 14.8 Å². The fourth-order valence-electron chi connectivity index (χ4n) is 5.88. The molecule has 0 aromatic heterocycles. The van der Waals surface area contributed by atoms with Gasteiger partial charge in [0.15, 0.2) is 0 Å². The number of nitrogens with zero attached hydrogens (tertiary/aromatic N) is 1. The van der Waals surface area contributed by atoms with Crippen molar-refractivity contribution in [1.29, 1.82) is 0 Å². The number of methoxy groups -OCH3 is 1. The van der Waals surface area contributed by atoms with Crippen LogP contribution in [0.15, 0.2) is 127 Å². The lowest BCUT2D eigenvalue weighted by atomic mass is 10.0. The van der Waals surface area contributed by atoms with Gasteiger partial charge in [0, 0.05) is 11.3 Å². The van der Waals surface area contributed by atoms with Gasteiger partial charge in [-0.3, -0.25) is 14.5 Å². The van der Waals surface area contributed by atoms with E-state index < -0.39 is 19.3 Å². The summed E-state index contributed by atoms with van der Waals surface area (Å²) in [5.41, 5.74) is 1.94. The van der Waals surface area contributed by atoms with E-state index in [-0.39, 0.29) is 23.6 Å². The Morgan fingerprint density at radius 1 is 0.886 bits per heavy atom. The number of hydrogen-bond acceptors (Lipinski definition) is 6. The van der Waals surface area contributed by atoms with Crippen molar-refractivity contribution < 1.29 is 23.9 Å². The maximum Gasteiger partial charge on any atom is 0.355 e. The smallest absolute Gasteiger partial charge is 0.355 e. The summed E-state index contributed by atoms with van der Waals surface area (Å²) in [6, 6.07) is 37.9. The fourth-order valence-corrected chi connectivity index (χ4v) is 11.7. The zero-order valence-corrected chi connectivity index (χ0v) is 25.9. The maximum atomic E-state index is 14.0. The Morgan fingerprint density at radius 3 is 1.93 bits per heavy atom. The molecule has 0 bridgehead atoms. The second kappa shape index (κ2) is 13.1. The van der Waals surface area contributed by atoms with Crippen LogP contribution in [0.25, 0.3) is 0 Å². The third-order valence-electron chi connectivity index (χ3n) is 8.04. The minimum Gasteiger partial charge on any atom is -0.497 e. The molecule has 2 amide bonds. The number of thioether (sulfide) groups is 1. The number of carbonyl (C=O) groups excluding carboxylic acids is 3. The maximum absolute atomic E-state index is 14.0. The highest BCUT2D eigenvalue weighted by atomic mass is 32.2. The van der Waals surface area contributed by atoms with E-state index in [1.165, 1.54) is 20.8 Å². The Kier molecular flexibility index (Phi) is 8.82. The summed E-state index contributed by atoms with van der Waals surface area (Å²) in [6.45, 7) is 0.0474. The number of hydrogen-bond donors (Lipinski definition) is 1. The highest BCUT2D eigenvalue weighted by Crippen LogP contribution is 2.58. The number of benzene rings is 4. The topological polar surface area (TPSA) is 84.9 Å². The highest BCUT2D eigenvalue weighted by molar-refractivity contribution is 8.00. The van der Waals surface area contributed by atoms with Crippen molar-refractivity contribution in [3.8, 4) is 5.75 Å². The van der Waals surface area contributed by atoms with Gasteiger partial charge >= 0.3 is 5.97 Å². The molecule has 0 spiro atoms. The lowest BCUT2D eigenvalue weighted by Gasteiger charge is -2.49. The van der Waals surface area contributed by atoms with Crippen molar-refractivity contribution in [3.05, 3.63) is 132 Å². The second-order valence-electron chi connectivity index (χ2n) is 10.5. The normalized spacial score (nSPS) is 17.8. The van der Waals surface area contributed by atoms with Crippen LogP contribution in [-0.2, 0) is 25.7 Å². The van der Waals surface area contributed by atoms with Crippen LogP contribution in [0.1, 0.15) is 5.56 Å². The lowest BCUT2D eigenvalue weighted by Crippen LogP contribution is -2.69. The molecule has 222 valence electrons. The van der Waals surface area contributed by atoms with Gasteiger partial charge in [0.25, 0.3) is 5.91 Å². The number of β-lactam (4-membered cyclic amide) rings is 1. The molecule has 9 heteroatoms. The first-order valence-corrected chi connectivity index (χ1v) is 17.3. The zero-order valence-electron chi connectivity index (χ0n) is 24.2. The molecule has 2 aliphatic heterocycles. The number of esters is 1. The fraction of sp³-hybridized carbons (Fsp3) is 0.171. The monoisotopic (exact) mass is 623 g/mol. The van der Waals surface area contributed by atoms with E-state index in [1.807, 2.05) is 42.5 Å². The second-order valence-corrected chi connectivity index (χ2v) is 15.1. The third-order valence-corrected chi connectivity index (χ3v) is 13.8. The molecule has 0 aliphatic carbocycles. The van der Waals surface area contributed by atoms with Gasteiger partial charge in [-0.2, -0.15) is 0 Å². The van der Waals surface area contributed by atoms with Crippen molar-refractivity contribution in [2.24, 2.45) is 0 Å². The molecule has 44 heavy (non-hydrogen) atoms. The van der Waals surface area contributed by atoms with Crippen molar-refractivity contribution in [3.63, 3.8) is 0 Å². The van der Waals surface area contributed by atoms with Crippen LogP contribution in [0.5, 0.6) is 5.75 Å². The molecule has 6 rings (SSSR count). The molecule has 0 unspecified atom stereocenters. The Balaban J connectivity index is 1.46. The van der Waals surface area contributed by atoms with Gasteiger partial charge in [0.2, 0.25) is 6.41 Å². The zero-order chi connectivity index (χ0) is 30.5. The summed E-state index contributed by atoms with van der Waals surface area (Å²) in [5.74, 6) is 0.366. The summed E-state index contributed by atoms with van der Waals surface area (Å²) in [5, 5.41) is 5.79. The predicted molar refractivity (Wildman–Crippen MR) is 176 cm³/mol.